The molecule has 0 bridgehead atoms. The first-order valence-electron chi connectivity index (χ1n) is 9.86. The normalized spacial score (nSPS) is 17.8. The first-order chi connectivity index (χ1) is 13.4. The summed E-state index contributed by atoms with van der Waals surface area (Å²) in [5.74, 6) is 0.150. The summed E-state index contributed by atoms with van der Waals surface area (Å²) < 4.78 is 10.8. The second-order valence-electron chi connectivity index (χ2n) is 7.20. The molecule has 1 aliphatic heterocycles. The maximum Gasteiger partial charge on any atom is 0.290 e. The van der Waals surface area contributed by atoms with Crippen LogP contribution in [0.2, 0.25) is 0 Å². The standard InChI is InChI=1S/C22H31NO5/c1-6-8-9-15(7-2)13-23-20(19(14(3)24)21(25)22(23)26)17-11-10-16(27-4)12-18(17)28-5/h10-12,15,20,25H,6-9,13H2,1-5H3/t15-,20+/m0/s1. The van der Waals surface area contributed by atoms with Gasteiger partial charge in [-0.25, -0.2) is 0 Å². The summed E-state index contributed by atoms with van der Waals surface area (Å²) in [6, 6.07) is 4.61. The maximum atomic E-state index is 12.9. The number of aliphatic hydroxyl groups is 1. The molecule has 6 heteroatoms. The van der Waals surface area contributed by atoms with E-state index in [1.165, 1.54) is 14.0 Å². The van der Waals surface area contributed by atoms with Crippen molar-refractivity contribution >= 4 is 11.7 Å². The highest BCUT2D eigenvalue weighted by atomic mass is 16.5. The lowest BCUT2D eigenvalue weighted by Gasteiger charge is -2.31. The predicted octanol–water partition coefficient (Wildman–Crippen LogP) is 4.20. The van der Waals surface area contributed by atoms with Crippen LogP contribution in [-0.4, -0.2) is 42.5 Å². The molecule has 1 aromatic rings. The highest BCUT2D eigenvalue weighted by molar-refractivity contribution is 6.08. The van der Waals surface area contributed by atoms with E-state index in [4.69, 9.17) is 9.47 Å². The van der Waals surface area contributed by atoms with Crippen LogP contribution in [0.4, 0.5) is 0 Å². The lowest BCUT2D eigenvalue weighted by atomic mass is 9.93. The van der Waals surface area contributed by atoms with Gasteiger partial charge in [-0.1, -0.05) is 33.1 Å². The molecule has 0 saturated carbocycles. The van der Waals surface area contributed by atoms with Crippen molar-refractivity contribution in [3.8, 4) is 11.5 Å². The molecular weight excluding hydrogens is 358 g/mol. The van der Waals surface area contributed by atoms with Crippen molar-refractivity contribution in [2.75, 3.05) is 20.8 Å². The van der Waals surface area contributed by atoms with Gasteiger partial charge < -0.3 is 19.5 Å². The fourth-order valence-electron chi connectivity index (χ4n) is 3.76. The Kier molecular flexibility index (Phi) is 7.49. The third-order valence-electron chi connectivity index (χ3n) is 5.42. The SMILES string of the molecule is CCCC[C@H](CC)CN1C(=O)C(O)=C(C(C)=O)[C@H]1c1ccc(OC)cc1OC. The molecule has 0 fully saturated rings. The Morgan fingerprint density at radius 1 is 1.25 bits per heavy atom. The lowest BCUT2D eigenvalue weighted by molar-refractivity contribution is -0.130. The summed E-state index contributed by atoms with van der Waals surface area (Å²) in [4.78, 5) is 26.8. The summed E-state index contributed by atoms with van der Waals surface area (Å²) in [5, 5.41) is 10.5. The first kappa shape index (κ1) is 21.8. The molecule has 1 amide bonds. The van der Waals surface area contributed by atoms with Gasteiger partial charge in [0.15, 0.2) is 11.5 Å². The molecular formula is C22H31NO5. The van der Waals surface area contributed by atoms with Crippen LogP contribution in [0.1, 0.15) is 58.1 Å². The summed E-state index contributed by atoms with van der Waals surface area (Å²) in [6.45, 7) is 6.10. The minimum absolute atomic E-state index is 0.124. The molecule has 1 N–H and O–H groups in total. The number of aliphatic hydroxyl groups excluding tert-OH is 1. The maximum absolute atomic E-state index is 12.9. The van der Waals surface area contributed by atoms with Gasteiger partial charge in [0, 0.05) is 18.2 Å². The molecule has 0 spiro atoms. The van der Waals surface area contributed by atoms with Gasteiger partial charge >= 0.3 is 0 Å². The largest absolute Gasteiger partial charge is 0.503 e. The number of carbonyl (C=O) groups excluding carboxylic acids is 2. The van der Waals surface area contributed by atoms with Crippen LogP contribution in [-0.2, 0) is 9.59 Å². The number of carbonyl (C=O) groups is 2. The van der Waals surface area contributed by atoms with Crippen LogP contribution in [0, 0.1) is 5.92 Å². The highest BCUT2D eigenvalue weighted by Crippen LogP contribution is 2.43. The predicted molar refractivity (Wildman–Crippen MR) is 108 cm³/mol. The number of amides is 1. The average molecular weight is 389 g/mol. The Bertz CT molecular complexity index is 755. The molecule has 2 rings (SSSR count). The van der Waals surface area contributed by atoms with Gasteiger partial charge in [0.2, 0.25) is 0 Å². The number of rotatable bonds is 10. The van der Waals surface area contributed by atoms with Crippen LogP contribution in [0.3, 0.4) is 0 Å². The van der Waals surface area contributed by atoms with Gasteiger partial charge in [-0.15, -0.1) is 0 Å². The number of hydrogen-bond acceptors (Lipinski definition) is 5. The second kappa shape index (κ2) is 9.62. The molecule has 0 radical (unpaired) electrons. The summed E-state index contributed by atoms with van der Waals surface area (Å²) in [5.41, 5.74) is 0.787. The van der Waals surface area contributed by atoms with E-state index in [1.54, 1.807) is 30.2 Å². The number of hydrogen-bond donors (Lipinski definition) is 1. The Morgan fingerprint density at radius 3 is 2.50 bits per heavy atom. The van der Waals surface area contributed by atoms with Crippen LogP contribution < -0.4 is 9.47 Å². The third kappa shape index (κ3) is 4.32. The van der Waals surface area contributed by atoms with Gasteiger partial charge in [0.1, 0.15) is 11.5 Å². The number of ether oxygens (including phenoxy) is 2. The zero-order valence-corrected chi connectivity index (χ0v) is 17.4. The van der Waals surface area contributed by atoms with Crippen molar-refractivity contribution in [2.24, 2.45) is 5.92 Å². The summed E-state index contributed by atoms with van der Waals surface area (Å²) in [7, 11) is 3.10. The van der Waals surface area contributed by atoms with Crippen molar-refractivity contribution in [1.82, 2.24) is 4.90 Å². The van der Waals surface area contributed by atoms with Crippen molar-refractivity contribution in [3.05, 3.63) is 35.1 Å². The van der Waals surface area contributed by atoms with Crippen LogP contribution in [0.25, 0.3) is 0 Å². The van der Waals surface area contributed by atoms with Crippen molar-refractivity contribution in [3.63, 3.8) is 0 Å². The topological polar surface area (TPSA) is 76.1 Å². The molecule has 1 aromatic carbocycles. The van der Waals surface area contributed by atoms with E-state index in [0.29, 0.717) is 29.5 Å². The van der Waals surface area contributed by atoms with Crippen LogP contribution in [0.15, 0.2) is 29.5 Å². The zero-order valence-electron chi connectivity index (χ0n) is 17.4. The molecule has 0 aromatic heterocycles. The average Bonchev–Trinajstić information content (AvgIpc) is 2.95. The van der Waals surface area contributed by atoms with Crippen molar-refractivity contribution < 1.29 is 24.2 Å². The number of methoxy groups -OCH3 is 2. The smallest absolute Gasteiger partial charge is 0.290 e. The number of nitrogens with zero attached hydrogens (tertiary/aromatic N) is 1. The van der Waals surface area contributed by atoms with E-state index < -0.39 is 17.7 Å². The Morgan fingerprint density at radius 2 is 1.96 bits per heavy atom. The van der Waals surface area contributed by atoms with E-state index in [1.807, 2.05) is 0 Å². The van der Waals surface area contributed by atoms with Crippen molar-refractivity contribution in [2.45, 2.75) is 52.5 Å². The van der Waals surface area contributed by atoms with Gasteiger partial charge in [0.05, 0.1) is 25.8 Å². The Hall–Kier alpha value is -2.50. The van der Waals surface area contributed by atoms with E-state index in [0.717, 1.165) is 25.7 Å². The summed E-state index contributed by atoms with van der Waals surface area (Å²) >= 11 is 0. The van der Waals surface area contributed by atoms with E-state index in [2.05, 4.69) is 13.8 Å². The van der Waals surface area contributed by atoms with Gasteiger partial charge in [0.25, 0.3) is 5.91 Å². The number of ketones is 1. The fraction of sp³-hybridized carbons (Fsp3) is 0.545. The monoisotopic (exact) mass is 389 g/mol. The molecule has 0 unspecified atom stereocenters. The zero-order chi connectivity index (χ0) is 20.8. The fourth-order valence-corrected chi connectivity index (χ4v) is 3.76. The molecule has 154 valence electrons. The lowest BCUT2D eigenvalue weighted by Crippen LogP contribution is -2.35. The van der Waals surface area contributed by atoms with E-state index in [9.17, 15) is 14.7 Å². The second-order valence-corrected chi connectivity index (χ2v) is 7.20. The highest BCUT2D eigenvalue weighted by Gasteiger charge is 2.44. The molecule has 1 heterocycles. The number of benzene rings is 1. The Labute approximate surface area is 167 Å². The number of unbranched alkanes of at least 4 members (excludes halogenated alkanes) is 1. The van der Waals surface area contributed by atoms with Crippen LogP contribution in [0.5, 0.6) is 11.5 Å². The minimum Gasteiger partial charge on any atom is -0.503 e. The molecule has 0 aliphatic carbocycles. The van der Waals surface area contributed by atoms with Gasteiger partial charge in [-0.3, -0.25) is 9.59 Å². The first-order valence-corrected chi connectivity index (χ1v) is 9.86. The van der Waals surface area contributed by atoms with Gasteiger partial charge in [-0.05, 0) is 31.4 Å². The number of Topliss-reactive ketones (excluding diaryl/α,β-unsaturated/α-hetero) is 1. The van der Waals surface area contributed by atoms with Gasteiger partial charge in [-0.2, -0.15) is 0 Å². The van der Waals surface area contributed by atoms with Crippen molar-refractivity contribution in [1.29, 1.82) is 0 Å². The van der Waals surface area contributed by atoms with E-state index in [-0.39, 0.29) is 11.4 Å². The molecule has 1 aliphatic rings. The van der Waals surface area contributed by atoms with Crippen LogP contribution >= 0.6 is 0 Å². The molecule has 2 atom stereocenters. The minimum atomic E-state index is -0.665. The quantitative estimate of drug-likeness (QED) is 0.649. The molecule has 28 heavy (non-hydrogen) atoms. The third-order valence-corrected chi connectivity index (χ3v) is 5.42. The Balaban J connectivity index is 2.50. The van der Waals surface area contributed by atoms with E-state index >= 15 is 0 Å². The molecule has 0 saturated heterocycles. The molecule has 6 nitrogen and oxygen atoms in total. The summed E-state index contributed by atoms with van der Waals surface area (Å²) in [6.07, 6.45) is 4.09.